The predicted octanol–water partition coefficient (Wildman–Crippen LogP) is 3.98. The van der Waals surface area contributed by atoms with Crippen LogP contribution >= 0.6 is 0 Å². The maximum absolute atomic E-state index is 12.4. The summed E-state index contributed by atoms with van der Waals surface area (Å²) in [6, 6.07) is 9.16. The van der Waals surface area contributed by atoms with Crippen molar-refractivity contribution in [1.29, 1.82) is 0 Å². The van der Waals surface area contributed by atoms with Gasteiger partial charge in [0.2, 0.25) is 0 Å². The Morgan fingerprint density at radius 2 is 2.04 bits per heavy atom. The summed E-state index contributed by atoms with van der Waals surface area (Å²) < 4.78 is 8.11. The summed E-state index contributed by atoms with van der Waals surface area (Å²) in [7, 11) is 0. The lowest BCUT2D eigenvalue weighted by molar-refractivity contribution is -0.123. The molecule has 0 spiro atoms. The smallest absolute Gasteiger partial charge is 0.257 e. The van der Waals surface area contributed by atoms with Crippen molar-refractivity contribution >= 4 is 16.8 Å². The average Bonchev–Trinajstić information content (AvgIpc) is 3.15. The van der Waals surface area contributed by atoms with E-state index in [9.17, 15) is 4.79 Å². The Labute approximate surface area is 168 Å². The second-order valence-electron chi connectivity index (χ2n) is 8.60. The summed E-state index contributed by atoms with van der Waals surface area (Å²) in [5, 5.41) is 4.20. The third-order valence-corrected chi connectivity index (χ3v) is 6.43. The minimum Gasteiger partial charge on any atom is -0.483 e. The molecule has 2 aliphatic heterocycles. The Bertz CT molecular complexity index is 811. The molecule has 0 saturated carbocycles. The molecule has 2 unspecified atom stereocenters. The van der Waals surface area contributed by atoms with Crippen molar-refractivity contribution in [3.8, 4) is 5.75 Å². The number of fused-ring (bicyclic) bond motifs is 2. The average molecular weight is 384 g/mol. The molecule has 5 nitrogen and oxygen atoms in total. The van der Waals surface area contributed by atoms with Gasteiger partial charge in [-0.05, 0) is 76.7 Å². The molecule has 28 heavy (non-hydrogen) atoms. The van der Waals surface area contributed by atoms with Crippen LogP contribution in [0.1, 0.15) is 52.0 Å². The highest BCUT2D eigenvalue weighted by Crippen LogP contribution is 2.31. The molecule has 2 saturated heterocycles. The van der Waals surface area contributed by atoms with Gasteiger partial charge in [-0.3, -0.25) is 4.79 Å². The largest absolute Gasteiger partial charge is 0.483 e. The van der Waals surface area contributed by atoms with E-state index < -0.39 is 0 Å². The first-order valence-electron chi connectivity index (χ1n) is 10.9. The van der Waals surface area contributed by atoms with Crippen molar-refractivity contribution in [2.45, 2.75) is 58.0 Å². The topological polar surface area (TPSA) is 46.5 Å². The fourth-order valence-electron chi connectivity index (χ4n) is 4.99. The van der Waals surface area contributed by atoms with Crippen LogP contribution in [-0.2, 0) is 4.79 Å². The third-order valence-electron chi connectivity index (χ3n) is 6.43. The molecule has 152 valence electrons. The number of nitrogens with one attached hydrogen (secondary N) is 1. The number of aromatic nitrogens is 1. The number of nitrogens with zero attached hydrogens (tertiary/aromatic N) is 2. The molecular formula is C23H33N3O2. The molecule has 2 aromatic rings. The van der Waals surface area contributed by atoms with Gasteiger partial charge in [-0.1, -0.05) is 12.5 Å². The summed E-state index contributed by atoms with van der Waals surface area (Å²) in [4.78, 5) is 15.1. The molecule has 3 heterocycles. The van der Waals surface area contributed by atoms with Crippen LogP contribution in [0.5, 0.6) is 5.75 Å². The third kappa shape index (κ3) is 4.04. The zero-order valence-corrected chi connectivity index (χ0v) is 17.2. The van der Waals surface area contributed by atoms with Crippen LogP contribution in [-0.4, -0.2) is 47.7 Å². The summed E-state index contributed by atoms with van der Waals surface area (Å²) in [5.41, 5.74) is 1.15. The lowest BCUT2D eigenvalue weighted by atomic mass is 9.83. The second-order valence-corrected chi connectivity index (χ2v) is 8.60. The Balaban J connectivity index is 1.32. The van der Waals surface area contributed by atoms with Crippen LogP contribution in [0, 0.1) is 5.92 Å². The van der Waals surface area contributed by atoms with Gasteiger partial charge in [-0.25, -0.2) is 0 Å². The maximum atomic E-state index is 12.4. The van der Waals surface area contributed by atoms with Crippen LogP contribution in [0.2, 0.25) is 0 Å². The molecule has 0 bridgehead atoms. The van der Waals surface area contributed by atoms with Gasteiger partial charge in [-0.15, -0.1) is 0 Å². The Morgan fingerprint density at radius 1 is 1.18 bits per heavy atom. The van der Waals surface area contributed by atoms with Crippen molar-refractivity contribution in [1.82, 2.24) is 14.8 Å². The molecule has 1 amide bonds. The van der Waals surface area contributed by atoms with Crippen molar-refractivity contribution in [2.24, 2.45) is 5.92 Å². The van der Waals surface area contributed by atoms with Gasteiger partial charge in [0.1, 0.15) is 5.75 Å². The summed E-state index contributed by atoms with van der Waals surface area (Å²) in [5.74, 6) is 1.35. The summed E-state index contributed by atoms with van der Waals surface area (Å²) in [6.07, 6.45) is 8.50. The zero-order valence-electron chi connectivity index (χ0n) is 17.2. The number of benzene rings is 1. The standard InChI is InChI=1S/C23H33N3O2/c1-17(2)26-14-11-19-21(26)9-5-10-22(19)28-16-23(27)24-15-18-7-6-13-25-12-4-3-8-20(18)25/h5,9-11,14,17-18,20H,3-4,6-8,12-13,15-16H2,1-2H3,(H,24,27). The summed E-state index contributed by atoms with van der Waals surface area (Å²) in [6.45, 7) is 7.65. The molecule has 2 fully saturated rings. The minimum absolute atomic E-state index is 0.0202. The zero-order chi connectivity index (χ0) is 19.5. The van der Waals surface area contributed by atoms with Gasteiger partial charge in [0, 0.05) is 30.2 Å². The van der Waals surface area contributed by atoms with E-state index in [4.69, 9.17) is 4.74 Å². The normalized spacial score (nSPS) is 23.0. The van der Waals surface area contributed by atoms with Gasteiger partial charge in [-0.2, -0.15) is 0 Å². The number of ether oxygens (including phenoxy) is 1. The SMILES string of the molecule is CC(C)n1ccc2c(OCC(=O)NCC3CCCN4CCCCC34)cccc21. The molecule has 1 aromatic carbocycles. The molecular weight excluding hydrogens is 350 g/mol. The second kappa shape index (κ2) is 8.56. The van der Waals surface area contributed by atoms with E-state index in [0.717, 1.165) is 23.2 Å². The van der Waals surface area contributed by atoms with E-state index in [1.54, 1.807) is 0 Å². The number of amides is 1. The van der Waals surface area contributed by atoms with Crippen LogP contribution in [0.25, 0.3) is 10.9 Å². The first-order valence-corrected chi connectivity index (χ1v) is 10.9. The monoisotopic (exact) mass is 383 g/mol. The molecule has 5 heteroatoms. The Kier molecular flexibility index (Phi) is 5.90. The highest BCUT2D eigenvalue weighted by atomic mass is 16.5. The fraction of sp³-hybridized carbons (Fsp3) is 0.609. The number of rotatable bonds is 6. The molecule has 1 N–H and O–H groups in total. The molecule has 0 radical (unpaired) electrons. The molecule has 4 rings (SSSR count). The van der Waals surface area contributed by atoms with Crippen molar-refractivity contribution in [3.05, 3.63) is 30.5 Å². The maximum Gasteiger partial charge on any atom is 0.257 e. The number of carbonyl (C=O) groups excluding carboxylic acids is 1. The van der Waals surface area contributed by atoms with Gasteiger partial charge in [0.05, 0.1) is 5.52 Å². The van der Waals surface area contributed by atoms with Gasteiger partial charge in [0.25, 0.3) is 5.91 Å². The summed E-state index contributed by atoms with van der Waals surface area (Å²) >= 11 is 0. The van der Waals surface area contributed by atoms with E-state index in [-0.39, 0.29) is 12.5 Å². The quantitative estimate of drug-likeness (QED) is 0.821. The Hall–Kier alpha value is -2.01. The molecule has 1 aromatic heterocycles. The van der Waals surface area contributed by atoms with Crippen LogP contribution in [0.3, 0.4) is 0 Å². The van der Waals surface area contributed by atoms with Gasteiger partial charge < -0.3 is 19.5 Å². The number of piperidine rings is 2. The number of hydrogen-bond donors (Lipinski definition) is 1. The van der Waals surface area contributed by atoms with E-state index >= 15 is 0 Å². The Morgan fingerprint density at radius 3 is 2.89 bits per heavy atom. The number of hydrogen-bond acceptors (Lipinski definition) is 3. The molecule has 0 aliphatic carbocycles. The van der Waals surface area contributed by atoms with E-state index in [1.165, 1.54) is 45.2 Å². The lowest BCUT2D eigenvalue weighted by Gasteiger charge is -2.44. The van der Waals surface area contributed by atoms with E-state index in [1.807, 2.05) is 12.1 Å². The molecule has 2 atom stereocenters. The van der Waals surface area contributed by atoms with Gasteiger partial charge >= 0.3 is 0 Å². The lowest BCUT2D eigenvalue weighted by Crippen LogP contribution is -2.51. The first-order chi connectivity index (χ1) is 13.6. The highest BCUT2D eigenvalue weighted by molar-refractivity contribution is 5.87. The van der Waals surface area contributed by atoms with E-state index in [2.05, 4.69) is 47.0 Å². The number of carbonyl (C=O) groups is 1. The predicted molar refractivity (Wildman–Crippen MR) is 113 cm³/mol. The molecule has 2 aliphatic rings. The van der Waals surface area contributed by atoms with Crippen LogP contribution < -0.4 is 10.1 Å². The van der Waals surface area contributed by atoms with Crippen molar-refractivity contribution in [2.75, 3.05) is 26.2 Å². The van der Waals surface area contributed by atoms with Crippen LogP contribution in [0.15, 0.2) is 30.5 Å². The highest BCUT2D eigenvalue weighted by Gasteiger charge is 2.32. The fourth-order valence-corrected chi connectivity index (χ4v) is 4.99. The van der Waals surface area contributed by atoms with E-state index in [0.29, 0.717) is 18.0 Å². The van der Waals surface area contributed by atoms with Crippen molar-refractivity contribution < 1.29 is 9.53 Å². The van der Waals surface area contributed by atoms with Crippen molar-refractivity contribution in [3.63, 3.8) is 0 Å². The van der Waals surface area contributed by atoms with Gasteiger partial charge in [0.15, 0.2) is 6.61 Å². The van der Waals surface area contributed by atoms with Crippen LogP contribution in [0.4, 0.5) is 0 Å². The first kappa shape index (κ1) is 19.3. The minimum atomic E-state index is -0.0202.